The highest BCUT2D eigenvalue weighted by atomic mass is 19.1. The van der Waals surface area contributed by atoms with Crippen LogP contribution in [0.2, 0.25) is 0 Å². The summed E-state index contributed by atoms with van der Waals surface area (Å²) in [6.45, 7) is 1.96. The summed E-state index contributed by atoms with van der Waals surface area (Å²) in [5.41, 5.74) is 0. The van der Waals surface area contributed by atoms with E-state index in [1.165, 1.54) is 13.8 Å². The normalized spacial score (nSPS) is 11.5. The van der Waals surface area contributed by atoms with E-state index in [9.17, 15) is 23.2 Å². The molecule has 0 spiro atoms. The van der Waals surface area contributed by atoms with E-state index in [0.29, 0.717) is 6.07 Å². The van der Waals surface area contributed by atoms with Crippen LogP contribution in [0, 0.1) is 11.6 Å². The molecule has 2 N–H and O–H groups in total. The van der Waals surface area contributed by atoms with Crippen LogP contribution in [0.15, 0.2) is 18.2 Å². The topological polar surface area (TPSA) is 95.9 Å². The highest BCUT2D eigenvalue weighted by Gasteiger charge is 2.25. The van der Waals surface area contributed by atoms with Crippen molar-refractivity contribution in [2.45, 2.75) is 19.9 Å². The summed E-state index contributed by atoms with van der Waals surface area (Å²) in [7, 11) is 0. The number of amides is 2. The van der Waals surface area contributed by atoms with Gasteiger partial charge in [-0.15, -0.1) is 0 Å². The number of benzene rings is 1. The van der Waals surface area contributed by atoms with Crippen LogP contribution >= 0.6 is 0 Å². The van der Waals surface area contributed by atoms with Crippen molar-refractivity contribution in [1.29, 1.82) is 0 Å². The van der Waals surface area contributed by atoms with E-state index in [1.54, 1.807) is 0 Å². The molecule has 2 amide bonds. The minimum atomic E-state index is -1.24. The summed E-state index contributed by atoms with van der Waals surface area (Å²) in [5, 5.41) is 11.5. The smallest absolute Gasteiger partial charge is 0.326 e. The molecule has 0 aliphatic heterocycles. The van der Waals surface area contributed by atoms with Gasteiger partial charge in [0.05, 0.1) is 0 Å². The molecule has 132 valence electrons. The van der Waals surface area contributed by atoms with Gasteiger partial charge >= 0.3 is 5.97 Å². The third-order valence-electron chi connectivity index (χ3n) is 3.12. The number of rotatable bonds is 8. The van der Waals surface area contributed by atoms with E-state index < -0.39 is 36.2 Å². The van der Waals surface area contributed by atoms with E-state index in [0.717, 1.165) is 17.0 Å². The molecule has 1 unspecified atom stereocenters. The molecule has 24 heavy (non-hydrogen) atoms. The van der Waals surface area contributed by atoms with Crippen LogP contribution in [0.1, 0.15) is 13.8 Å². The minimum absolute atomic E-state index is 0.0544. The van der Waals surface area contributed by atoms with Crippen LogP contribution in [0.25, 0.3) is 0 Å². The second-order valence-corrected chi connectivity index (χ2v) is 4.95. The van der Waals surface area contributed by atoms with Crippen molar-refractivity contribution in [2.24, 2.45) is 0 Å². The molecule has 0 saturated carbocycles. The summed E-state index contributed by atoms with van der Waals surface area (Å²) in [6, 6.07) is 1.44. The zero-order valence-corrected chi connectivity index (χ0v) is 13.2. The maximum absolute atomic E-state index is 13.4. The van der Waals surface area contributed by atoms with Crippen molar-refractivity contribution in [2.75, 3.05) is 19.7 Å². The van der Waals surface area contributed by atoms with Gasteiger partial charge in [0.15, 0.2) is 18.2 Å². The van der Waals surface area contributed by atoms with Gasteiger partial charge in [-0.2, -0.15) is 0 Å². The molecule has 1 atom stereocenters. The van der Waals surface area contributed by atoms with Crippen molar-refractivity contribution in [3.05, 3.63) is 29.8 Å². The second-order valence-electron chi connectivity index (χ2n) is 4.95. The number of hydrogen-bond donors (Lipinski definition) is 2. The highest BCUT2D eigenvalue weighted by molar-refractivity contribution is 5.84. The third-order valence-corrected chi connectivity index (χ3v) is 3.12. The first-order valence-corrected chi connectivity index (χ1v) is 7.07. The van der Waals surface area contributed by atoms with Crippen molar-refractivity contribution in [3.63, 3.8) is 0 Å². The lowest BCUT2D eigenvalue weighted by Crippen LogP contribution is -2.48. The number of carbonyl (C=O) groups excluding carboxylic acids is 2. The number of carbonyl (C=O) groups is 3. The van der Waals surface area contributed by atoms with Gasteiger partial charge in [0.1, 0.15) is 11.9 Å². The molecule has 0 aromatic heterocycles. The van der Waals surface area contributed by atoms with Crippen LogP contribution in [0.3, 0.4) is 0 Å². The first-order valence-electron chi connectivity index (χ1n) is 7.07. The van der Waals surface area contributed by atoms with Crippen LogP contribution in [-0.4, -0.2) is 53.5 Å². The molecule has 0 aliphatic rings. The molecule has 0 saturated heterocycles. The lowest BCUT2D eigenvalue weighted by Gasteiger charge is -2.26. The Morgan fingerprint density at radius 2 is 2.00 bits per heavy atom. The Balaban J connectivity index is 2.72. The largest absolute Gasteiger partial charge is 0.481 e. The predicted octanol–water partition coefficient (Wildman–Crippen LogP) is 0.781. The fourth-order valence-corrected chi connectivity index (χ4v) is 1.83. The van der Waals surface area contributed by atoms with Gasteiger partial charge in [-0.3, -0.25) is 9.59 Å². The number of carboxylic acids is 1. The summed E-state index contributed by atoms with van der Waals surface area (Å²) in [6.07, 6.45) is 0. The molecule has 1 aromatic carbocycles. The van der Waals surface area contributed by atoms with E-state index in [4.69, 9.17) is 9.84 Å². The van der Waals surface area contributed by atoms with Crippen LogP contribution in [0.5, 0.6) is 5.75 Å². The quantitative estimate of drug-likeness (QED) is 0.727. The van der Waals surface area contributed by atoms with Gasteiger partial charge in [-0.1, -0.05) is 0 Å². The predicted molar refractivity (Wildman–Crippen MR) is 79.3 cm³/mol. The zero-order chi connectivity index (χ0) is 18.3. The minimum Gasteiger partial charge on any atom is -0.481 e. The standard InChI is InChI=1S/C15H18F2N2O5/c1-9(15(22)23)19(6-5-18-10(2)20)14(21)8-24-13-4-3-11(16)7-12(13)17/h3-4,7,9H,5-6,8H2,1-2H3,(H,18,20)(H,22,23). The van der Waals surface area contributed by atoms with E-state index in [-0.39, 0.29) is 24.7 Å². The van der Waals surface area contributed by atoms with Gasteiger partial charge in [-0.25, -0.2) is 13.6 Å². The number of nitrogens with zero attached hydrogens (tertiary/aromatic N) is 1. The lowest BCUT2D eigenvalue weighted by atomic mass is 10.2. The number of hydrogen-bond acceptors (Lipinski definition) is 4. The Morgan fingerprint density at radius 3 is 2.54 bits per heavy atom. The molecule has 0 bridgehead atoms. The van der Waals surface area contributed by atoms with Crippen LogP contribution in [0.4, 0.5) is 8.78 Å². The second kappa shape index (κ2) is 8.80. The summed E-state index contributed by atoms with van der Waals surface area (Å²) in [4.78, 5) is 35.1. The van der Waals surface area contributed by atoms with Gasteiger partial charge in [-0.05, 0) is 19.1 Å². The van der Waals surface area contributed by atoms with E-state index in [2.05, 4.69) is 5.32 Å². The monoisotopic (exact) mass is 344 g/mol. The van der Waals surface area contributed by atoms with Crippen molar-refractivity contribution >= 4 is 17.8 Å². The average Bonchev–Trinajstić information content (AvgIpc) is 2.49. The molecule has 9 heteroatoms. The summed E-state index contributed by atoms with van der Waals surface area (Å²) in [5.74, 6) is -4.36. The van der Waals surface area contributed by atoms with Crippen LogP contribution in [-0.2, 0) is 14.4 Å². The van der Waals surface area contributed by atoms with E-state index >= 15 is 0 Å². The number of halogens is 2. The first-order chi connectivity index (χ1) is 11.2. The molecule has 0 radical (unpaired) electrons. The fourth-order valence-electron chi connectivity index (χ4n) is 1.83. The Morgan fingerprint density at radius 1 is 1.33 bits per heavy atom. The number of ether oxygens (including phenoxy) is 1. The molecule has 7 nitrogen and oxygen atoms in total. The van der Waals surface area contributed by atoms with Crippen molar-refractivity contribution in [3.8, 4) is 5.75 Å². The Labute approximate surface area is 137 Å². The summed E-state index contributed by atoms with van der Waals surface area (Å²) < 4.78 is 31.2. The Hall–Kier alpha value is -2.71. The fraction of sp³-hybridized carbons (Fsp3) is 0.400. The molecular formula is C15H18F2N2O5. The van der Waals surface area contributed by atoms with Gasteiger partial charge in [0.25, 0.3) is 5.91 Å². The van der Waals surface area contributed by atoms with Crippen LogP contribution < -0.4 is 10.1 Å². The Bertz CT molecular complexity index is 624. The molecule has 0 heterocycles. The molecule has 1 rings (SSSR count). The maximum atomic E-state index is 13.4. The molecule has 1 aromatic rings. The zero-order valence-electron chi connectivity index (χ0n) is 13.2. The molecule has 0 aliphatic carbocycles. The first kappa shape index (κ1) is 19.3. The number of nitrogens with one attached hydrogen (secondary N) is 1. The third kappa shape index (κ3) is 5.82. The lowest BCUT2D eigenvalue weighted by molar-refractivity contribution is -0.150. The maximum Gasteiger partial charge on any atom is 0.326 e. The SMILES string of the molecule is CC(=O)NCCN(C(=O)COc1ccc(F)cc1F)C(C)C(=O)O. The van der Waals surface area contributed by atoms with Gasteiger partial charge in [0.2, 0.25) is 5.91 Å². The molecule has 0 fully saturated rings. The van der Waals surface area contributed by atoms with Crippen molar-refractivity contribution < 1.29 is 33.0 Å². The number of carboxylic acid groups (broad SMARTS) is 1. The highest BCUT2D eigenvalue weighted by Crippen LogP contribution is 2.17. The Kier molecular flexibility index (Phi) is 7.09. The van der Waals surface area contributed by atoms with Gasteiger partial charge in [0, 0.05) is 26.1 Å². The van der Waals surface area contributed by atoms with Crippen molar-refractivity contribution in [1.82, 2.24) is 10.2 Å². The van der Waals surface area contributed by atoms with E-state index in [1.807, 2.05) is 0 Å². The molecular weight excluding hydrogens is 326 g/mol. The summed E-state index contributed by atoms with van der Waals surface area (Å²) >= 11 is 0. The van der Waals surface area contributed by atoms with Gasteiger partial charge < -0.3 is 20.1 Å². The average molecular weight is 344 g/mol. The number of aliphatic carboxylic acids is 1.